The van der Waals surface area contributed by atoms with Gasteiger partial charge in [0.25, 0.3) is 0 Å². The van der Waals surface area contributed by atoms with Crippen molar-refractivity contribution in [2.45, 2.75) is 0 Å². The summed E-state index contributed by atoms with van der Waals surface area (Å²) in [6.45, 7) is 0. The number of hydrogen-bond donors (Lipinski definition) is 0. The van der Waals surface area contributed by atoms with Crippen molar-refractivity contribution in [3.05, 3.63) is 152 Å². The van der Waals surface area contributed by atoms with Crippen LogP contribution in [-0.4, -0.2) is 14.5 Å². The second-order valence-corrected chi connectivity index (χ2v) is 11.0. The lowest BCUT2D eigenvalue weighted by molar-refractivity contribution is 0.667. The molecular formula is C40H25N3O. The Morgan fingerprint density at radius 3 is 1.89 bits per heavy atom. The summed E-state index contributed by atoms with van der Waals surface area (Å²) >= 11 is 0. The summed E-state index contributed by atoms with van der Waals surface area (Å²) in [5, 5.41) is 3.40. The van der Waals surface area contributed by atoms with Gasteiger partial charge in [0, 0.05) is 33.0 Å². The molecule has 206 valence electrons. The van der Waals surface area contributed by atoms with Crippen molar-refractivity contribution >= 4 is 43.9 Å². The van der Waals surface area contributed by atoms with E-state index in [1.807, 2.05) is 48.5 Å². The zero-order chi connectivity index (χ0) is 29.0. The Morgan fingerprint density at radius 2 is 1.11 bits per heavy atom. The SMILES string of the molecule is c1ccc(-c2ccc3c(c2)c2ccccc2n3-c2ccc3oc4c(-c5ccccc5)nc(-c5ccccc5)nc4c3c2)cc1. The van der Waals surface area contributed by atoms with E-state index in [-0.39, 0.29) is 0 Å². The third-order valence-electron chi connectivity index (χ3n) is 8.41. The Bertz CT molecular complexity index is 2480. The molecule has 9 rings (SSSR count). The summed E-state index contributed by atoms with van der Waals surface area (Å²) in [7, 11) is 0. The number of aromatic nitrogens is 3. The maximum absolute atomic E-state index is 6.51. The average Bonchev–Trinajstić information content (AvgIpc) is 3.64. The first-order valence-electron chi connectivity index (χ1n) is 14.8. The molecule has 0 amide bonds. The first-order chi connectivity index (χ1) is 21.8. The standard InChI is InChI=1S/C40H25N3O/c1-4-12-26(13-5-1)29-20-22-35-32(24-29)31-18-10-11-19-34(31)43(35)30-21-23-36-33(25-30)38-39(44-36)37(27-14-6-2-7-15-27)41-40(42-38)28-16-8-3-9-17-28/h1-25H. The van der Waals surface area contributed by atoms with Crippen LogP contribution in [0.2, 0.25) is 0 Å². The molecule has 0 bridgehead atoms. The van der Waals surface area contributed by atoms with Gasteiger partial charge in [-0.25, -0.2) is 9.97 Å². The smallest absolute Gasteiger partial charge is 0.180 e. The van der Waals surface area contributed by atoms with E-state index in [1.165, 1.54) is 21.9 Å². The van der Waals surface area contributed by atoms with Crippen LogP contribution in [0.3, 0.4) is 0 Å². The molecule has 6 aromatic carbocycles. The van der Waals surface area contributed by atoms with Crippen molar-refractivity contribution in [1.82, 2.24) is 14.5 Å². The Balaban J connectivity index is 1.30. The molecule has 4 heteroatoms. The molecule has 0 fully saturated rings. The van der Waals surface area contributed by atoms with Gasteiger partial charge in [-0.2, -0.15) is 0 Å². The fraction of sp³-hybridized carbons (Fsp3) is 0. The molecule has 0 N–H and O–H groups in total. The van der Waals surface area contributed by atoms with Gasteiger partial charge in [-0.1, -0.05) is 115 Å². The van der Waals surface area contributed by atoms with Crippen LogP contribution in [0.5, 0.6) is 0 Å². The molecule has 0 radical (unpaired) electrons. The summed E-state index contributed by atoms with van der Waals surface area (Å²) in [5.41, 5.74) is 10.8. The molecule has 3 heterocycles. The van der Waals surface area contributed by atoms with Crippen LogP contribution in [0.25, 0.3) is 83.3 Å². The molecule has 0 spiro atoms. The van der Waals surface area contributed by atoms with Crippen molar-refractivity contribution in [3.63, 3.8) is 0 Å². The highest BCUT2D eigenvalue weighted by Crippen LogP contribution is 2.39. The number of fused-ring (bicyclic) bond motifs is 6. The minimum atomic E-state index is 0.676. The number of hydrogen-bond acceptors (Lipinski definition) is 3. The van der Waals surface area contributed by atoms with Crippen molar-refractivity contribution in [1.29, 1.82) is 0 Å². The molecule has 9 aromatic rings. The van der Waals surface area contributed by atoms with Gasteiger partial charge in [0.15, 0.2) is 11.4 Å². The molecular weight excluding hydrogens is 538 g/mol. The molecule has 3 aromatic heterocycles. The zero-order valence-corrected chi connectivity index (χ0v) is 23.7. The number of nitrogens with zero attached hydrogens (tertiary/aromatic N) is 3. The van der Waals surface area contributed by atoms with Gasteiger partial charge in [0.2, 0.25) is 0 Å². The third kappa shape index (κ3) is 3.85. The number of benzene rings is 6. The van der Waals surface area contributed by atoms with E-state index in [0.717, 1.165) is 50.0 Å². The van der Waals surface area contributed by atoms with Crippen molar-refractivity contribution < 1.29 is 4.42 Å². The van der Waals surface area contributed by atoms with Gasteiger partial charge in [-0.05, 0) is 47.5 Å². The molecule has 44 heavy (non-hydrogen) atoms. The molecule has 0 unspecified atom stereocenters. The molecule has 0 aliphatic carbocycles. The van der Waals surface area contributed by atoms with Gasteiger partial charge < -0.3 is 8.98 Å². The Morgan fingerprint density at radius 1 is 0.455 bits per heavy atom. The predicted octanol–water partition coefficient (Wildman–Crippen LogP) is 10.5. The second kappa shape index (κ2) is 9.79. The van der Waals surface area contributed by atoms with E-state index >= 15 is 0 Å². The molecule has 0 saturated carbocycles. The molecule has 0 aliphatic heterocycles. The van der Waals surface area contributed by atoms with E-state index in [9.17, 15) is 0 Å². The Labute approximate surface area is 253 Å². The first kappa shape index (κ1) is 24.6. The maximum Gasteiger partial charge on any atom is 0.180 e. The molecule has 4 nitrogen and oxygen atoms in total. The minimum absolute atomic E-state index is 0.676. The summed E-state index contributed by atoms with van der Waals surface area (Å²) in [4.78, 5) is 10.1. The lowest BCUT2D eigenvalue weighted by Crippen LogP contribution is -1.95. The van der Waals surface area contributed by atoms with Gasteiger partial charge >= 0.3 is 0 Å². The highest BCUT2D eigenvalue weighted by Gasteiger charge is 2.20. The van der Waals surface area contributed by atoms with E-state index in [4.69, 9.17) is 14.4 Å². The van der Waals surface area contributed by atoms with Crippen molar-refractivity contribution in [2.75, 3.05) is 0 Å². The zero-order valence-electron chi connectivity index (χ0n) is 23.7. The summed E-state index contributed by atoms with van der Waals surface area (Å²) in [6, 6.07) is 52.6. The van der Waals surface area contributed by atoms with Crippen LogP contribution in [0.1, 0.15) is 0 Å². The monoisotopic (exact) mass is 563 g/mol. The van der Waals surface area contributed by atoms with E-state index in [2.05, 4.69) is 108 Å². The average molecular weight is 564 g/mol. The van der Waals surface area contributed by atoms with E-state index in [1.54, 1.807) is 0 Å². The van der Waals surface area contributed by atoms with Crippen LogP contribution in [0.15, 0.2) is 156 Å². The number of rotatable bonds is 4. The van der Waals surface area contributed by atoms with E-state index < -0.39 is 0 Å². The van der Waals surface area contributed by atoms with Crippen molar-refractivity contribution in [3.8, 4) is 39.5 Å². The number of para-hydroxylation sites is 1. The van der Waals surface area contributed by atoms with Crippen molar-refractivity contribution in [2.24, 2.45) is 0 Å². The van der Waals surface area contributed by atoms with E-state index in [0.29, 0.717) is 11.4 Å². The summed E-state index contributed by atoms with van der Waals surface area (Å²) in [6.07, 6.45) is 0. The third-order valence-corrected chi connectivity index (χ3v) is 8.41. The van der Waals surface area contributed by atoms with Crippen LogP contribution < -0.4 is 0 Å². The van der Waals surface area contributed by atoms with Crippen LogP contribution in [0.4, 0.5) is 0 Å². The van der Waals surface area contributed by atoms with Crippen LogP contribution >= 0.6 is 0 Å². The lowest BCUT2D eigenvalue weighted by atomic mass is 10.0. The summed E-state index contributed by atoms with van der Waals surface area (Å²) in [5.74, 6) is 0.676. The van der Waals surface area contributed by atoms with Gasteiger partial charge in [0.1, 0.15) is 16.8 Å². The lowest BCUT2D eigenvalue weighted by Gasteiger charge is -2.09. The Hall–Kier alpha value is -6.00. The fourth-order valence-corrected chi connectivity index (χ4v) is 6.34. The molecule has 0 saturated heterocycles. The highest BCUT2D eigenvalue weighted by atomic mass is 16.3. The van der Waals surface area contributed by atoms with Crippen LogP contribution in [0, 0.1) is 0 Å². The normalized spacial score (nSPS) is 11.6. The minimum Gasteiger partial charge on any atom is -0.452 e. The maximum atomic E-state index is 6.51. The van der Waals surface area contributed by atoms with Gasteiger partial charge in [-0.3, -0.25) is 0 Å². The van der Waals surface area contributed by atoms with Crippen LogP contribution in [-0.2, 0) is 0 Å². The predicted molar refractivity (Wildman–Crippen MR) is 180 cm³/mol. The largest absolute Gasteiger partial charge is 0.452 e. The highest BCUT2D eigenvalue weighted by molar-refractivity contribution is 6.12. The second-order valence-electron chi connectivity index (χ2n) is 11.0. The fourth-order valence-electron chi connectivity index (χ4n) is 6.34. The Kier molecular flexibility index (Phi) is 5.47. The topological polar surface area (TPSA) is 43.9 Å². The molecule has 0 aliphatic rings. The quantitative estimate of drug-likeness (QED) is 0.214. The summed E-state index contributed by atoms with van der Waals surface area (Å²) < 4.78 is 8.85. The number of furan rings is 1. The first-order valence-corrected chi connectivity index (χ1v) is 14.8. The van der Waals surface area contributed by atoms with Gasteiger partial charge in [0.05, 0.1) is 11.0 Å². The van der Waals surface area contributed by atoms with Gasteiger partial charge in [-0.15, -0.1) is 0 Å². The molecule has 0 atom stereocenters.